The molecule has 0 radical (unpaired) electrons. The zero-order chi connectivity index (χ0) is 13.2. The topological polar surface area (TPSA) is 49.7 Å². The first-order chi connectivity index (χ1) is 8.51. The molecular weight excluding hydrogens is 248 g/mol. The molecule has 0 aliphatic carbocycles. The summed E-state index contributed by atoms with van der Waals surface area (Å²) in [6.45, 7) is 0. The monoisotopic (exact) mass is 262 g/mol. The molecule has 1 heterocycles. The third-order valence-electron chi connectivity index (χ3n) is 2.62. The van der Waals surface area contributed by atoms with E-state index in [2.05, 4.69) is 4.99 Å². The average Bonchev–Trinajstić information content (AvgIpc) is 2.29. The van der Waals surface area contributed by atoms with Crippen LogP contribution < -0.4 is 10.4 Å². The average molecular weight is 262 g/mol. The second kappa shape index (κ2) is 4.88. The Morgan fingerprint density at radius 3 is 2.61 bits per heavy atom. The van der Waals surface area contributed by atoms with E-state index in [1.807, 2.05) is 12.2 Å². The molecule has 1 aromatic carbocycles. The number of aliphatic imine (C=N–C) groups is 1. The normalized spacial score (nSPS) is 21.7. The van der Waals surface area contributed by atoms with Crippen LogP contribution in [0.5, 0.6) is 0 Å². The van der Waals surface area contributed by atoms with Crippen LogP contribution in [0.1, 0.15) is 0 Å². The Hall–Kier alpha value is -1.72. The van der Waals surface area contributed by atoms with Gasteiger partial charge in [0.15, 0.2) is 0 Å². The number of hydrogen-bond donors (Lipinski definition) is 0. The molecule has 0 saturated carbocycles. The third kappa shape index (κ3) is 2.42. The molecule has 0 bridgehead atoms. The van der Waals surface area contributed by atoms with Crippen LogP contribution in [-0.2, 0) is 10.0 Å². The fourth-order valence-corrected chi connectivity index (χ4v) is 2.53. The number of allylic oxidation sites excluding steroid dienone is 1. The summed E-state index contributed by atoms with van der Waals surface area (Å²) >= 11 is 0. The van der Waals surface area contributed by atoms with E-state index in [1.54, 1.807) is 36.7 Å². The van der Waals surface area contributed by atoms with E-state index in [4.69, 9.17) is 0 Å². The molecule has 0 spiro atoms. The van der Waals surface area contributed by atoms with Crippen LogP contribution in [0.15, 0.2) is 40.4 Å². The molecule has 2 rings (SSSR count). The highest BCUT2D eigenvalue weighted by Crippen LogP contribution is 2.08. The van der Waals surface area contributed by atoms with E-state index in [1.165, 1.54) is 18.4 Å². The third-order valence-corrected chi connectivity index (χ3v) is 4.44. The van der Waals surface area contributed by atoms with Crippen LogP contribution in [0, 0.1) is 0 Å². The first-order valence-electron chi connectivity index (χ1n) is 5.45. The van der Waals surface area contributed by atoms with E-state index >= 15 is 0 Å². The SMILES string of the molecule is CN(C)S(=O)(=O)c1ccc2/c(c1)=C\C=N/C=C\C=2. The number of sulfonamides is 1. The molecular formula is C13H14N2O2S. The van der Waals surface area contributed by atoms with Crippen LogP contribution in [0.3, 0.4) is 0 Å². The molecule has 0 atom stereocenters. The number of hydrogen-bond acceptors (Lipinski definition) is 3. The van der Waals surface area contributed by atoms with Crippen molar-refractivity contribution >= 4 is 28.4 Å². The number of nitrogens with zero attached hydrogens (tertiary/aromatic N) is 2. The largest absolute Gasteiger partial charge is 0.265 e. The lowest BCUT2D eigenvalue weighted by Gasteiger charge is -2.11. The van der Waals surface area contributed by atoms with Gasteiger partial charge in [-0.2, -0.15) is 0 Å². The Kier molecular flexibility index (Phi) is 3.45. The molecule has 1 aliphatic heterocycles. The minimum atomic E-state index is -3.39. The molecule has 0 N–H and O–H groups in total. The lowest BCUT2D eigenvalue weighted by molar-refractivity contribution is 0.520. The van der Waals surface area contributed by atoms with Gasteiger partial charge in [-0.15, -0.1) is 0 Å². The number of benzene rings is 1. The molecule has 94 valence electrons. The van der Waals surface area contributed by atoms with E-state index in [-0.39, 0.29) is 4.90 Å². The van der Waals surface area contributed by atoms with Gasteiger partial charge in [0.1, 0.15) is 0 Å². The summed E-state index contributed by atoms with van der Waals surface area (Å²) in [4.78, 5) is 4.29. The lowest BCUT2D eigenvalue weighted by atomic mass is 10.2. The number of fused-ring (bicyclic) bond motifs is 1. The molecule has 0 amide bonds. The zero-order valence-corrected chi connectivity index (χ0v) is 11.1. The van der Waals surface area contributed by atoms with Crippen LogP contribution in [0.4, 0.5) is 0 Å². The van der Waals surface area contributed by atoms with E-state index in [0.717, 1.165) is 10.4 Å². The zero-order valence-electron chi connectivity index (χ0n) is 10.2. The maximum absolute atomic E-state index is 12.0. The van der Waals surface area contributed by atoms with Crippen molar-refractivity contribution in [3.8, 4) is 0 Å². The highest BCUT2D eigenvalue weighted by atomic mass is 32.2. The van der Waals surface area contributed by atoms with Crippen molar-refractivity contribution in [2.45, 2.75) is 4.90 Å². The molecule has 1 aromatic rings. The van der Waals surface area contributed by atoms with Crippen molar-refractivity contribution in [1.29, 1.82) is 0 Å². The summed E-state index contributed by atoms with van der Waals surface area (Å²) in [5, 5.41) is 1.81. The molecule has 0 fully saturated rings. The van der Waals surface area contributed by atoms with E-state index in [9.17, 15) is 8.42 Å². The molecule has 1 aliphatic rings. The quantitative estimate of drug-likeness (QED) is 0.759. The highest BCUT2D eigenvalue weighted by molar-refractivity contribution is 7.89. The highest BCUT2D eigenvalue weighted by Gasteiger charge is 2.16. The standard InChI is InChI=1S/C13H14N2O2S/c1-15(2)18(16,17)13-6-5-11-4-3-8-14-9-7-12(11)10-13/h3-10H,1-2H3/b4-3?,8-3-,9-7?,11-4-,12-7-,14-8?,14-9-. The first-order valence-corrected chi connectivity index (χ1v) is 6.89. The molecule has 0 saturated heterocycles. The Balaban J connectivity index is 2.69. The fraction of sp³-hybridized carbons (Fsp3) is 0.154. The smallest absolute Gasteiger partial charge is 0.242 e. The van der Waals surface area contributed by atoms with E-state index in [0.29, 0.717) is 0 Å². The van der Waals surface area contributed by atoms with Crippen molar-refractivity contribution in [3.63, 3.8) is 0 Å². The predicted molar refractivity (Wildman–Crippen MR) is 73.1 cm³/mol. The minimum absolute atomic E-state index is 0.286. The van der Waals surface area contributed by atoms with Crippen molar-refractivity contribution in [1.82, 2.24) is 4.31 Å². The second-order valence-corrected chi connectivity index (χ2v) is 6.20. The van der Waals surface area contributed by atoms with Gasteiger partial charge in [0.25, 0.3) is 0 Å². The van der Waals surface area contributed by atoms with Crippen molar-refractivity contribution < 1.29 is 8.42 Å². The Labute approximate surface area is 106 Å². The van der Waals surface area contributed by atoms with Gasteiger partial charge in [0.05, 0.1) is 4.90 Å². The minimum Gasteiger partial charge on any atom is -0.265 e. The van der Waals surface area contributed by atoms with Crippen LogP contribution in [0.2, 0.25) is 0 Å². The summed E-state index contributed by atoms with van der Waals surface area (Å²) in [5.74, 6) is 0. The van der Waals surface area contributed by atoms with Crippen LogP contribution >= 0.6 is 0 Å². The first kappa shape index (κ1) is 12.7. The Morgan fingerprint density at radius 1 is 1.11 bits per heavy atom. The predicted octanol–water partition coefficient (Wildman–Crippen LogP) is 0.0960. The molecule has 18 heavy (non-hydrogen) atoms. The molecule has 0 aromatic heterocycles. The molecule has 0 unspecified atom stereocenters. The van der Waals surface area contributed by atoms with Crippen molar-refractivity contribution in [2.24, 2.45) is 4.99 Å². The maximum Gasteiger partial charge on any atom is 0.242 e. The van der Waals surface area contributed by atoms with Gasteiger partial charge >= 0.3 is 0 Å². The van der Waals surface area contributed by atoms with Gasteiger partial charge in [-0.25, -0.2) is 12.7 Å². The summed E-state index contributed by atoms with van der Waals surface area (Å²) in [6.07, 6.45) is 8.85. The van der Waals surface area contributed by atoms with E-state index < -0.39 is 10.0 Å². The Bertz CT molecular complexity index is 729. The van der Waals surface area contributed by atoms with Gasteiger partial charge < -0.3 is 0 Å². The van der Waals surface area contributed by atoms with Crippen LogP contribution in [0.25, 0.3) is 12.2 Å². The fourth-order valence-electron chi connectivity index (χ4n) is 1.59. The van der Waals surface area contributed by atoms with Crippen molar-refractivity contribution in [2.75, 3.05) is 14.1 Å². The molecule has 4 nitrogen and oxygen atoms in total. The summed E-state index contributed by atoms with van der Waals surface area (Å²) in [6, 6.07) is 5.07. The van der Waals surface area contributed by atoms with Crippen LogP contribution in [-0.4, -0.2) is 33.0 Å². The second-order valence-electron chi connectivity index (χ2n) is 4.05. The van der Waals surface area contributed by atoms with Gasteiger partial charge in [-0.1, -0.05) is 12.1 Å². The lowest BCUT2D eigenvalue weighted by Crippen LogP contribution is -2.29. The number of rotatable bonds is 2. The summed E-state index contributed by atoms with van der Waals surface area (Å²) in [7, 11) is -0.355. The van der Waals surface area contributed by atoms with Crippen molar-refractivity contribution in [3.05, 3.63) is 40.9 Å². The Morgan fingerprint density at radius 2 is 1.89 bits per heavy atom. The van der Waals surface area contributed by atoms with Gasteiger partial charge in [-0.05, 0) is 34.7 Å². The summed E-state index contributed by atoms with van der Waals surface area (Å²) < 4.78 is 25.3. The van der Waals surface area contributed by atoms with Gasteiger partial charge in [-0.3, -0.25) is 4.99 Å². The molecule has 5 heteroatoms. The summed E-state index contributed by atoms with van der Waals surface area (Å²) in [5.41, 5.74) is 0. The maximum atomic E-state index is 12.0. The van der Waals surface area contributed by atoms with Gasteiger partial charge in [0.2, 0.25) is 10.0 Å². The van der Waals surface area contributed by atoms with Gasteiger partial charge in [0, 0.05) is 26.5 Å².